The molecule has 2 aromatic heterocycles. The number of ether oxygens (including phenoxy) is 1. The lowest BCUT2D eigenvalue weighted by Gasteiger charge is -2.08. The summed E-state index contributed by atoms with van der Waals surface area (Å²) in [6.07, 6.45) is 3.50. The van der Waals surface area contributed by atoms with E-state index < -0.39 is 0 Å². The average Bonchev–Trinajstić information content (AvgIpc) is 3.25. The van der Waals surface area contributed by atoms with E-state index in [0.29, 0.717) is 11.4 Å². The van der Waals surface area contributed by atoms with Crippen LogP contribution in [0.25, 0.3) is 21.8 Å². The fraction of sp³-hybridized carbons (Fsp3) is 0.0455. The van der Waals surface area contributed by atoms with Crippen molar-refractivity contribution in [3.05, 3.63) is 84.3 Å². The van der Waals surface area contributed by atoms with E-state index in [9.17, 15) is 9.18 Å². The molecule has 0 aliphatic heterocycles. The first-order valence-electron chi connectivity index (χ1n) is 8.82. The molecule has 0 bridgehead atoms. The number of halogens is 1. The van der Waals surface area contributed by atoms with Gasteiger partial charge in [0, 0.05) is 34.6 Å². The number of hydrogen-bond acceptors (Lipinski definition) is 5. The number of carbonyl (C=O) groups excluding carboxylic acids is 1. The first-order chi connectivity index (χ1) is 14.2. The molecule has 0 saturated carbocycles. The SMILES string of the molecule is O=C(COc1ccc(F)cc1)Nc1cccc(-c2csc(-c3cccnc3)n2)c1. The molecule has 0 atom stereocenters. The third-order valence-electron chi connectivity index (χ3n) is 4.04. The van der Waals surface area contributed by atoms with Crippen LogP contribution in [0, 0.1) is 5.82 Å². The molecule has 0 aliphatic rings. The molecule has 7 heteroatoms. The van der Waals surface area contributed by atoms with Crippen molar-refractivity contribution in [1.82, 2.24) is 9.97 Å². The summed E-state index contributed by atoms with van der Waals surface area (Å²) in [5.74, 6) is -0.228. The van der Waals surface area contributed by atoms with E-state index >= 15 is 0 Å². The van der Waals surface area contributed by atoms with Gasteiger partial charge in [-0.1, -0.05) is 12.1 Å². The predicted octanol–water partition coefficient (Wildman–Crippen LogP) is 5.03. The van der Waals surface area contributed by atoms with Crippen LogP contribution in [0.15, 0.2) is 78.4 Å². The predicted molar refractivity (Wildman–Crippen MR) is 111 cm³/mol. The van der Waals surface area contributed by atoms with E-state index in [2.05, 4.69) is 15.3 Å². The van der Waals surface area contributed by atoms with Gasteiger partial charge in [0.15, 0.2) is 6.61 Å². The Morgan fingerprint density at radius 2 is 1.90 bits per heavy atom. The Kier molecular flexibility index (Phi) is 5.58. The van der Waals surface area contributed by atoms with E-state index in [4.69, 9.17) is 4.74 Å². The van der Waals surface area contributed by atoms with Crippen molar-refractivity contribution in [1.29, 1.82) is 0 Å². The number of hydrogen-bond donors (Lipinski definition) is 1. The number of anilines is 1. The van der Waals surface area contributed by atoms with Gasteiger partial charge in [-0.25, -0.2) is 9.37 Å². The minimum atomic E-state index is -0.354. The quantitative estimate of drug-likeness (QED) is 0.489. The molecule has 1 N–H and O–H groups in total. The van der Waals surface area contributed by atoms with Crippen LogP contribution in [-0.4, -0.2) is 22.5 Å². The molecule has 0 spiro atoms. The standard InChI is InChI=1S/C22H16FN3O2S/c23-17-6-8-19(9-7-17)28-13-21(27)25-18-5-1-3-15(11-18)20-14-29-22(26-20)16-4-2-10-24-12-16/h1-12,14H,13H2,(H,25,27). The van der Waals surface area contributed by atoms with Crippen molar-refractivity contribution in [2.45, 2.75) is 0 Å². The first kappa shape index (κ1) is 18.8. The lowest BCUT2D eigenvalue weighted by molar-refractivity contribution is -0.118. The summed E-state index contributed by atoms with van der Waals surface area (Å²) in [7, 11) is 0. The van der Waals surface area contributed by atoms with Crippen molar-refractivity contribution >= 4 is 22.9 Å². The summed E-state index contributed by atoms with van der Waals surface area (Å²) in [6, 6.07) is 16.8. The van der Waals surface area contributed by atoms with Gasteiger partial charge < -0.3 is 10.1 Å². The summed E-state index contributed by atoms with van der Waals surface area (Å²) >= 11 is 1.54. The molecule has 0 unspecified atom stereocenters. The number of amides is 1. The van der Waals surface area contributed by atoms with Crippen molar-refractivity contribution in [3.63, 3.8) is 0 Å². The summed E-state index contributed by atoms with van der Waals surface area (Å²) in [4.78, 5) is 20.9. The summed E-state index contributed by atoms with van der Waals surface area (Å²) < 4.78 is 18.3. The normalized spacial score (nSPS) is 10.5. The minimum absolute atomic E-state index is 0.169. The molecule has 4 rings (SSSR count). The molecular weight excluding hydrogens is 389 g/mol. The number of thiazole rings is 1. The molecule has 0 aliphatic carbocycles. The van der Waals surface area contributed by atoms with E-state index in [1.165, 1.54) is 35.6 Å². The van der Waals surface area contributed by atoms with Crippen LogP contribution in [-0.2, 0) is 4.79 Å². The molecule has 1 amide bonds. The van der Waals surface area contributed by atoms with Gasteiger partial charge in [-0.15, -0.1) is 11.3 Å². The van der Waals surface area contributed by atoms with Crippen molar-refractivity contribution in [3.8, 4) is 27.6 Å². The van der Waals surface area contributed by atoms with E-state index in [1.807, 2.05) is 35.7 Å². The highest BCUT2D eigenvalue weighted by Crippen LogP contribution is 2.29. The highest BCUT2D eigenvalue weighted by atomic mass is 32.1. The Balaban J connectivity index is 1.41. The summed E-state index contributed by atoms with van der Waals surface area (Å²) in [6.45, 7) is -0.169. The molecule has 29 heavy (non-hydrogen) atoms. The van der Waals surface area contributed by atoms with Gasteiger partial charge in [-0.05, 0) is 48.5 Å². The second kappa shape index (κ2) is 8.62. The third-order valence-corrected chi connectivity index (χ3v) is 4.93. The number of rotatable bonds is 6. The minimum Gasteiger partial charge on any atom is -0.484 e. The molecule has 0 saturated heterocycles. The van der Waals surface area contributed by atoms with Gasteiger partial charge in [-0.2, -0.15) is 0 Å². The monoisotopic (exact) mass is 405 g/mol. The third kappa shape index (κ3) is 4.83. The Morgan fingerprint density at radius 3 is 2.69 bits per heavy atom. The summed E-state index contributed by atoms with van der Waals surface area (Å²) in [5, 5.41) is 5.66. The molecule has 5 nitrogen and oxygen atoms in total. The number of pyridine rings is 1. The van der Waals surface area contributed by atoms with Crippen LogP contribution in [0.5, 0.6) is 5.75 Å². The van der Waals surface area contributed by atoms with Crippen molar-refractivity contribution in [2.75, 3.05) is 11.9 Å². The average molecular weight is 405 g/mol. The maximum absolute atomic E-state index is 12.9. The molecule has 4 aromatic rings. The number of carbonyl (C=O) groups is 1. The lowest BCUT2D eigenvalue weighted by atomic mass is 10.1. The maximum atomic E-state index is 12.9. The number of nitrogens with zero attached hydrogens (tertiary/aromatic N) is 2. The largest absolute Gasteiger partial charge is 0.484 e. The van der Waals surface area contributed by atoms with E-state index in [-0.39, 0.29) is 18.3 Å². The highest BCUT2D eigenvalue weighted by molar-refractivity contribution is 7.13. The zero-order valence-electron chi connectivity index (χ0n) is 15.2. The van der Waals surface area contributed by atoms with Crippen LogP contribution in [0.4, 0.5) is 10.1 Å². The van der Waals surface area contributed by atoms with E-state index in [0.717, 1.165) is 21.8 Å². The fourth-order valence-corrected chi connectivity index (χ4v) is 3.48. The zero-order valence-corrected chi connectivity index (χ0v) is 16.0. The molecular formula is C22H16FN3O2S. The fourth-order valence-electron chi connectivity index (χ4n) is 2.66. The maximum Gasteiger partial charge on any atom is 0.262 e. The van der Waals surface area contributed by atoms with Crippen LogP contribution in [0.2, 0.25) is 0 Å². The summed E-state index contributed by atoms with van der Waals surface area (Å²) in [5.41, 5.74) is 3.33. The van der Waals surface area contributed by atoms with Crippen LogP contribution in [0.3, 0.4) is 0 Å². The van der Waals surface area contributed by atoms with Crippen LogP contribution < -0.4 is 10.1 Å². The van der Waals surface area contributed by atoms with Gasteiger partial charge in [0.05, 0.1) is 5.69 Å². The van der Waals surface area contributed by atoms with Crippen molar-refractivity contribution < 1.29 is 13.9 Å². The first-order valence-corrected chi connectivity index (χ1v) is 9.70. The highest BCUT2D eigenvalue weighted by Gasteiger charge is 2.09. The molecule has 2 aromatic carbocycles. The zero-order chi connectivity index (χ0) is 20.1. The molecule has 2 heterocycles. The molecule has 0 radical (unpaired) electrons. The smallest absolute Gasteiger partial charge is 0.262 e. The van der Waals surface area contributed by atoms with Crippen LogP contribution in [0.1, 0.15) is 0 Å². The molecule has 144 valence electrons. The lowest BCUT2D eigenvalue weighted by Crippen LogP contribution is -2.20. The van der Waals surface area contributed by atoms with Gasteiger partial charge >= 0.3 is 0 Å². The number of benzene rings is 2. The Hall–Kier alpha value is -3.58. The second-order valence-corrected chi connectivity index (χ2v) is 7.01. The topological polar surface area (TPSA) is 64.1 Å². The van der Waals surface area contributed by atoms with E-state index in [1.54, 1.807) is 18.5 Å². The Morgan fingerprint density at radius 1 is 1.07 bits per heavy atom. The Bertz CT molecular complexity index is 1110. The Labute approximate surface area is 170 Å². The van der Waals surface area contributed by atoms with Gasteiger partial charge in [0.1, 0.15) is 16.6 Å². The number of aromatic nitrogens is 2. The van der Waals surface area contributed by atoms with Crippen molar-refractivity contribution in [2.24, 2.45) is 0 Å². The van der Waals surface area contributed by atoms with Gasteiger partial charge in [-0.3, -0.25) is 9.78 Å². The van der Waals surface area contributed by atoms with Gasteiger partial charge in [0.2, 0.25) is 0 Å². The molecule has 0 fully saturated rings. The van der Waals surface area contributed by atoms with Crippen LogP contribution >= 0.6 is 11.3 Å². The number of nitrogens with one attached hydrogen (secondary N) is 1. The second-order valence-electron chi connectivity index (χ2n) is 6.15. The van der Waals surface area contributed by atoms with Gasteiger partial charge in [0.25, 0.3) is 5.91 Å².